The second-order valence-electron chi connectivity index (χ2n) is 5.49. The summed E-state index contributed by atoms with van der Waals surface area (Å²) in [5.74, 6) is -0.320. The Morgan fingerprint density at radius 1 is 1.42 bits per heavy atom. The van der Waals surface area contributed by atoms with Gasteiger partial charge in [-0.15, -0.1) is 0 Å². The molecule has 1 atom stereocenters. The van der Waals surface area contributed by atoms with Gasteiger partial charge in [-0.25, -0.2) is 8.78 Å². The molecule has 0 aliphatic heterocycles. The first-order chi connectivity index (χ1) is 12.2. The molecule has 26 heavy (non-hydrogen) atoms. The molecule has 2 aromatic rings. The molecule has 0 fully saturated rings. The van der Waals surface area contributed by atoms with Crippen molar-refractivity contribution in [3.05, 3.63) is 45.8 Å². The number of nitro groups is 1. The van der Waals surface area contributed by atoms with Crippen LogP contribution in [0, 0.1) is 17.0 Å². The summed E-state index contributed by atoms with van der Waals surface area (Å²) in [6.07, 6.45) is -2.75. The topological polar surface area (TPSA) is 99.3 Å². The lowest BCUT2D eigenvalue weighted by Crippen LogP contribution is -2.25. The molecule has 1 amide bonds. The van der Waals surface area contributed by atoms with E-state index >= 15 is 0 Å². The molecule has 0 aliphatic rings. The zero-order valence-corrected chi connectivity index (χ0v) is 14.4. The van der Waals surface area contributed by atoms with Crippen LogP contribution in [0.4, 0.5) is 20.2 Å². The van der Waals surface area contributed by atoms with Crippen molar-refractivity contribution in [2.75, 3.05) is 11.9 Å². The Hall–Kier alpha value is -3.04. The number of benzene rings is 1. The number of anilines is 1. The Bertz CT molecular complexity index is 823. The highest BCUT2D eigenvalue weighted by Gasteiger charge is 2.24. The van der Waals surface area contributed by atoms with E-state index in [1.54, 1.807) is 13.8 Å². The van der Waals surface area contributed by atoms with Gasteiger partial charge in [-0.1, -0.05) is 0 Å². The molecule has 1 N–H and O–H groups in total. The molecule has 0 aliphatic carbocycles. The monoisotopic (exact) mass is 368 g/mol. The lowest BCUT2D eigenvalue weighted by molar-refractivity contribution is -0.384. The number of nitrogens with one attached hydrogen (secondary N) is 1. The summed E-state index contributed by atoms with van der Waals surface area (Å²) < 4.78 is 31.9. The number of halogens is 2. The van der Waals surface area contributed by atoms with Gasteiger partial charge in [0, 0.05) is 5.69 Å². The number of hydrogen-bond donors (Lipinski definition) is 1. The van der Waals surface area contributed by atoms with Gasteiger partial charge in [0.2, 0.25) is 5.91 Å². The lowest BCUT2D eigenvalue weighted by atomic mass is 10.2. The van der Waals surface area contributed by atoms with E-state index in [-0.39, 0.29) is 11.4 Å². The van der Waals surface area contributed by atoms with Gasteiger partial charge in [-0.05, 0) is 39.0 Å². The summed E-state index contributed by atoms with van der Waals surface area (Å²) in [7, 11) is 0. The zero-order chi connectivity index (χ0) is 19.4. The minimum Gasteiger partial charge on any atom is -0.494 e. The van der Waals surface area contributed by atoms with Gasteiger partial charge in [0.1, 0.15) is 23.2 Å². The number of alkyl halides is 2. The van der Waals surface area contributed by atoms with E-state index in [4.69, 9.17) is 4.74 Å². The van der Waals surface area contributed by atoms with E-state index in [1.165, 1.54) is 31.2 Å². The minimum absolute atomic E-state index is 0.0193. The van der Waals surface area contributed by atoms with Gasteiger partial charge in [-0.2, -0.15) is 5.10 Å². The fraction of sp³-hybridized carbons (Fsp3) is 0.375. The number of carbonyl (C=O) groups excluding carboxylic acids is 1. The maximum absolute atomic E-state index is 12.8. The third kappa shape index (κ3) is 4.13. The highest BCUT2D eigenvalue weighted by Crippen LogP contribution is 2.30. The number of aromatic nitrogens is 2. The van der Waals surface area contributed by atoms with E-state index < -0.39 is 29.0 Å². The molecule has 0 radical (unpaired) electrons. The number of nitrogens with zero attached hydrogens (tertiary/aromatic N) is 3. The highest BCUT2D eigenvalue weighted by molar-refractivity contribution is 5.95. The van der Waals surface area contributed by atoms with Crippen LogP contribution in [0.3, 0.4) is 0 Å². The second-order valence-corrected chi connectivity index (χ2v) is 5.49. The van der Waals surface area contributed by atoms with Crippen LogP contribution in [0.25, 0.3) is 0 Å². The molecule has 140 valence electrons. The first-order valence-electron chi connectivity index (χ1n) is 7.80. The second kappa shape index (κ2) is 7.89. The van der Waals surface area contributed by atoms with Crippen LogP contribution in [0.1, 0.15) is 37.7 Å². The van der Waals surface area contributed by atoms with Crippen LogP contribution in [0.15, 0.2) is 24.3 Å². The number of ether oxygens (including phenoxy) is 1. The van der Waals surface area contributed by atoms with Crippen molar-refractivity contribution in [1.82, 2.24) is 9.78 Å². The van der Waals surface area contributed by atoms with Crippen molar-refractivity contribution < 1.29 is 23.2 Å². The Morgan fingerprint density at radius 2 is 2.12 bits per heavy atom. The van der Waals surface area contributed by atoms with Crippen LogP contribution >= 0.6 is 0 Å². The molecule has 1 heterocycles. The summed E-state index contributed by atoms with van der Waals surface area (Å²) in [5, 5.41) is 17.4. The molecular weight excluding hydrogens is 350 g/mol. The molecule has 1 aromatic carbocycles. The largest absolute Gasteiger partial charge is 0.494 e. The Kier molecular flexibility index (Phi) is 5.86. The summed E-state index contributed by atoms with van der Waals surface area (Å²) >= 11 is 0. The molecule has 0 saturated carbocycles. The van der Waals surface area contributed by atoms with E-state index in [2.05, 4.69) is 10.4 Å². The molecule has 1 aromatic heterocycles. The van der Waals surface area contributed by atoms with Gasteiger partial charge in [0.15, 0.2) is 0 Å². The van der Waals surface area contributed by atoms with Crippen LogP contribution < -0.4 is 10.1 Å². The zero-order valence-electron chi connectivity index (χ0n) is 14.4. The number of carbonyl (C=O) groups is 1. The first-order valence-corrected chi connectivity index (χ1v) is 7.80. The van der Waals surface area contributed by atoms with Crippen LogP contribution in [0.2, 0.25) is 0 Å². The summed E-state index contributed by atoms with van der Waals surface area (Å²) in [4.78, 5) is 23.0. The number of nitro benzene ring substituents is 1. The third-order valence-corrected chi connectivity index (χ3v) is 3.65. The van der Waals surface area contributed by atoms with Crippen LogP contribution in [0.5, 0.6) is 5.75 Å². The smallest absolute Gasteiger partial charge is 0.296 e. The molecule has 0 spiro atoms. The highest BCUT2D eigenvalue weighted by atomic mass is 19.3. The molecule has 0 saturated heterocycles. The van der Waals surface area contributed by atoms with Gasteiger partial charge in [0.25, 0.3) is 12.1 Å². The summed E-state index contributed by atoms with van der Waals surface area (Å²) in [6.45, 7) is 5.08. The minimum atomic E-state index is -2.75. The number of hydrogen-bond acceptors (Lipinski definition) is 5. The molecule has 8 nitrogen and oxygen atoms in total. The molecule has 10 heteroatoms. The van der Waals surface area contributed by atoms with Crippen molar-refractivity contribution >= 4 is 17.3 Å². The quantitative estimate of drug-likeness (QED) is 0.594. The predicted molar refractivity (Wildman–Crippen MR) is 89.5 cm³/mol. The van der Waals surface area contributed by atoms with Crippen molar-refractivity contribution in [3.63, 3.8) is 0 Å². The Balaban J connectivity index is 2.25. The maximum Gasteiger partial charge on any atom is 0.296 e. The third-order valence-electron chi connectivity index (χ3n) is 3.65. The van der Waals surface area contributed by atoms with Crippen molar-refractivity contribution in [2.45, 2.75) is 33.2 Å². The predicted octanol–water partition coefficient (Wildman–Crippen LogP) is 3.64. The van der Waals surface area contributed by atoms with Crippen molar-refractivity contribution in [3.8, 4) is 5.75 Å². The summed E-state index contributed by atoms with van der Waals surface area (Å²) in [6, 6.07) is 4.30. The number of aryl methyl sites for hydroxylation is 1. The van der Waals surface area contributed by atoms with E-state index in [0.29, 0.717) is 18.1 Å². The lowest BCUT2D eigenvalue weighted by Gasteiger charge is -2.15. The summed E-state index contributed by atoms with van der Waals surface area (Å²) in [5.41, 5.74) is -0.408. The normalized spacial score (nSPS) is 12.1. The average Bonchev–Trinajstić information content (AvgIpc) is 2.97. The van der Waals surface area contributed by atoms with E-state index in [9.17, 15) is 23.7 Å². The average molecular weight is 368 g/mol. The number of rotatable bonds is 7. The molecular formula is C16H18F2N4O4. The fourth-order valence-electron chi connectivity index (χ4n) is 2.38. The van der Waals surface area contributed by atoms with Crippen molar-refractivity contribution in [2.24, 2.45) is 0 Å². The Morgan fingerprint density at radius 3 is 2.65 bits per heavy atom. The van der Waals surface area contributed by atoms with Gasteiger partial charge >= 0.3 is 0 Å². The maximum atomic E-state index is 12.8. The molecule has 0 bridgehead atoms. The van der Waals surface area contributed by atoms with Gasteiger partial charge in [-0.3, -0.25) is 19.6 Å². The fourth-order valence-corrected chi connectivity index (χ4v) is 2.38. The number of amides is 1. The van der Waals surface area contributed by atoms with Crippen molar-refractivity contribution in [1.29, 1.82) is 0 Å². The van der Waals surface area contributed by atoms with Gasteiger partial charge in [0.05, 0.1) is 17.6 Å². The van der Waals surface area contributed by atoms with E-state index in [1.807, 2.05) is 0 Å². The van der Waals surface area contributed by atoms with Gasteiger partial charge < -0.3 is 10.1 Å². The SMILES string of the molecule is CCOc1ccc(NC(=O)C(C)n2nc(C(F)F)cc2C)c([N+](=O)[O-])c1. The first kappa shape index (κ1) is 19.3. The van der Waals surface area contributed by atoms with Crippen LogP contribution in [-0.4, -0.2) is 27.2 Å². The van der Waals surface area contributed by atoms with Crippen LogP contribution in [-0.2, 0) is 4.79 Å². The molecule has 1 unspecified atom stereocenters. The molecule has 2 rings (SSSR count). The standard InChI is InChI=1S/C16H18F2N4O4/c1-4-26-11-5-6-12(14(8-11)22(24)25)19-16(23)10(3)21-9(2)7-13(20-21)15(17)18/h5-8,10,15H,4H2,1-3H3,(H,19,23). The Labute approximate surface area is 147 Å². The van der Waals surface area contributed by atoms with E-state index in [0.717, 1.165) is 4.68 Å².